The van der Waals surface area contributed by atoms with Gasteiger partial charge in [0.15, 0.2) is 0 Å². The lowest BCUT2D eigenvalue weighted by Crippen LogP contribution is -2.30. The summed E-state index contributed by atoms with van der Waals surface area (Å²) < 4.78 is 40.1. The third kappa shape index (κ3) is 5.85. The van der Waals surface area contributed by atoms with E-state index < -0.39 is 10.0 Å². The number of nitrogens with zero attached hydrogens (tertiary/aromatic N) is 4. The molecule has 0 spiro atoms. The van der Waals surface area contributed by atoms with E-state index in [2.05, 4.69) is 17.1 Å². The van der Waals surface area contributed by atoms with Gasteiger partial charge >= 0.3 is 5.97 Å². The summed E-state index contributed by atoms with van der Waals surface area (Å²) in [6.45, 7) is 4.74. The number of pyridine rings is 1. The minimum Gasteiger partial charge on any atom is -0.487 e. The molecule has 0 saturated carbocycles. The van der Waals surface area contributed by atoms with Crippen LogP contribution in [0.2, 0.25) is 0 Å². The molecule has 10 nitrogen and oxygen atoms in total. The monoisotopic (exact) mass is 613 g/mol. The molecule has 1 unspecified atom stereocenters. The zero-order valence-corrected chi connectivity index (χ0v) is 25.6. The summed E-state index contributed by atoms with van der Waals surface area (Å²) >= 11 is 0. The van der Waals surface area contributed by atoms with Crippen LogP contribution in [0.5, 0.6) is 5.75 Å². The second-order valence-corrected chi connectivity index (χ2v) is 13.1. The van der Waals surface area contributed by atoms with E-state index in [1.807, 2.05) is 59.3 Å². The number of benzene rings is 3. The first-order valence-corrected chi connectivity index (χ1v) is 16.4. The number of anilines is 1. The molecule has 228 valence electrons. The fourth-order valence-electron chi connectivity index (χ4n) is 5.79. The molecule has 1 atom stereocenters. The number of nitrogens with two attached hydrogens (primary N) is 1. The zero-order valence-electron chi connectivity index (χ0n) is 24.8. The average molecular weight is 614 g/mol. The van der Waals surface area contributed by atoms with Crippen LogP contribution < -0.4 is 10.5 Å². The normalized spacial score (nSPS) is 15.6. The highest BCUT2D eigenvalue weighted by Gasteiger charge is 2.33. The minimum absolute atomic E-state index is 0.0685. The standard InChI is InChI=1S/C33H35N5O5S/c1-3-42-32(39)19-25-7-5-6-8-31(25)43-21-29-28-18-24(23-10-9-22-13-15-35-33(34)27(22)17-23)11-12-30(28)38(36-29)26-14-16-37(20-26)44(40,41)4-2/h5-13,15,17-18,26H,3-4,14,16,19-21H2,1-2H3,(H2,34,35). The number of para-hydroxylation sites is 1. The molecule has 0 aliphatic carbocycles. The fraction of sp³-hybridized carbons (Fsp3) is 0.303. The molecule has 1 fully saturated rings. The van der Waals surface area contributed by atoms with Gasteiger partial charge in [-0.3, -0.25) is 9.48 Å². The average Bonchev–Trinajstić information content (AvgIpc) is 3.66. The van der Waals surface area contributed by atoms with Crippen molar-refractivity contribution >= 4 is 43.5 Å². The second-order valence-electron chi connectivity index (χ2n) is 10.8. The van der Waals surface area contributed by atoms with Gasteiger partial charge in [-0.05, 0) is 67.1 Å². The third-order valence-corrected chi connectivity index (χ3v) is 9.97. The van der Waals surface area contributed by atoms with Crippen LogP contribution in [0.15, 0.2) is 72.9 Å². The number of ether oxygens (including phenoxy) is 2. The highest BCUT2D eigenvalue weighted by atomic mass is 32.2. The van der Waals surface area contributed by atoms with Gasteiger partial charge in [0.2, 0.25) is 10.0 Å². The second kappa shape index (κ2) is 12.3. The number of carbonyl (C=O) groups excluding carboxylic acids is 1. The maximum Gasteiger partial charge on any atom is 0.310 e. The van der Waals surface area contributed by atoms with Gasteiger partial charge in [0.25, 0.3) is 0 Å². The number of rotatable bonds is 10. The van der Waals surface area contributed by atoms with Gasteiger partial charge in [-0.25, -0.2) is 13.4 Å². The van der Waals surface area contributed by atoms with Crippen LogP contribution in [0.4, 0.5) is 5.82 Å². The van der Waals surface area contributed by atoms with Crippen LogP contribution in [-0.4, -0.2) is 58.9 Å². The Kier molecular flexibility index (Phi) is 8.24. The lowest BCUT2D eigenvalue weighted by Gasteiger charge is -2.16. The summed E-state index contributed by atoms with van der Waals surface area (Å²) in [6.07, 6.45) is 2.47. The predicted octanol–water partition coefficient (Wildman–Crippen LogP) is 5.11. The van der Waals surface area contributed by atoms with Gasteiger partial charge in [-0.1, -0.05) is 36.4 Å². The topological polar surface area (TPSA) is 130 Å². The number of nitrogen functional groups attached to an aromatic ring is 1. The van der Waals surface area contributed by atoms with E-state index in [0.29, 0.717) is 43.4 Å². The highest BCUT2D eigenvalue weighted by molar-refractivity contribution is 7.89. The number of hydrogen-bond acceptors (Lipinski definition) is 8. The Balaban J connectivity index is 1.38. The molecular formula is C33H35N5O5S. The van der Waals surface area contributed by atoms with Gasteiger partial charge in [0.05, 0.1) is 30.3 Å². The largest absolute Gasteiger partial charge is 0.487 e. The summed E-state index contributed by atoms with van der Waals surface area (Å²) in [5, 5.41) is 7.79. The molecule has 6 rings (SSSR count). The number of hydrogen-bond donors (Lipinski definition) is 1. The van der Waals surface area contributed by atoms with E-state index >= 15 is 0 Å². The van der Waals surface area contributed by atoms with Crippen LogP contribution in [-0.2, 0) is 32.6 Å². The molecule has 1 aliphatic heterocycles. The van der Waals surface area contributed by atoms with Crippen LogP contribution in [0, 0.1) is 0 Å². The van der Waals surface area contributed by atoms with E-state index in [0.717, 1.165) is 38.4 Å². The predicted molar refractivity (Wildman–Crippen MR) is 171 cm³/mol. The molecule has 5 aromatic rings. The van der Waals surface area contributed by atoms with Gasteiger partial charge in [0, 0.05) is 35.6 Å². The quantitative estimate of drug-likeness (QED) is 0.215. The third-order valence-electron chi connectivity index (χ3n) is 8.12. The molecule has 44 heavy (non-hydrogen) atoms. The smallest absolute Gasteiger partial charge is 0.310 e. The molecule has 3 heterocycles. The molecule has 0 amide bonds. The van der Waals surface area contributed by atoms with Crippen molar-refractivity contribution in [1.82, 2.24) is 19.1 Å². The Morgan fingerprint density at radius 3 is 2.59 bits per heavy atom. The Morgan fingerprint density at radius 1 is 1.02 bits per heavy atom. The van der Waals surface area contributed by atoms with Crippen LogP contribution in [0.25, 0.3) is 32.8 Å². The van der Waals surface area contributed by atoms with E-state index in [4.69, 9.17) is 20.3 Å². The molecule has 1 aliphatic rings. The molecular weight excluding hydrogens is 578 g/mol. The minimum atomic E-state index is -3.30. The van der Waals surface area contributed by atoms with E-state index in [-0.39, 0.29) is 30.8 Å². The number of esters is 1. The van der Waals surface area contributed by atoms with Crippen molar-refractivity contribution in [3.63, 3.8) is 0 Å². The lowest BCUT2D eigenvalue weighted by atomic mass is 10.00. The van der Waals surface area contributed by atoms with Crippen molar-refractivity contribution in [2.45, 2.75) is 39.3 Å². The van der Waals surface area contributed by atoms with Crippen molar-refractivity contribution in [1.29, 1.82) is 0 Å². The molecule has 2 N–H and O–H groups in total. The number of sulfonamides is 1. The van der Waals surface area contributed by atoms with E-state index in [9.17, 15) is 13.2 Å². The zero-order chi connectivity index (χ0) is 30.8. The van der Waals surface area contributed by atoms with Crippen molar-refractivity contribution < 1.29 is 22.7 Å². The Hall–Kier alpha value is -4.48. The van der Waals surface area contributed by atoms with Crippen LogP contribution in [0.3, 0.4) is 0 Å². The molecule has 11 heteroatoms. The summed E-state index contributed by atoms with van der Waals surface area (Å²) in [5.41, 5.74) is 10.5. The molecule has 2 aromatic heterocycles. The van der Waals surface area contributed by atoms with Gasteiger partial charge in [-0.2, -0.15) is 9.40 Å². The first-order valence-electron chi connectivity index (χ1n) is 14.8. The van der Waals surface area contributed by atoms with Crippen LogP contribution >= 0.6 is 0 Å². The number of carbonyl (C=O) groups is 1. The Morgan fingerprint density at radius 2 is 1.80 bits per heavy atom. The number of aromatic nitrogens is 3. The maximum absolute atomic E-state index is 12.6. The maximum atomic E-state index is 12.6. The number of fused-ring (bicyclic) bond motifs is 2. The van der Waals surface area contributed by atoms with Crippen molar-refractivity contribution in [2.24, 2.45) is 0 Å². The summed E-state index contributed by atoms with van der Waals surface area (Å²) in [4.78, 5) is 16.4. The first-order chi connectivity index (χ1) is 21.3. The summed E-state index contributed by atoms with van der Waals surface area (Å²) in [6, 6.07) is 21.5. The van der Waals surface area contributed by atoms with Gasteiger partial charge in [-0.15, -0.1) is 0 Å². The van der Waals surface area contributed by atoms with Crippen molar-refractivity contribution in [3.05, 3.63) is 84.2 Å². The Labute approximate surface area is 256 Å². The molecule has 1 saturated heterocycles. The summed E-state index contributed by atoms with van der Waals surface area (Å²) in [7, 11) is -3.30. The molecule has 0 radical (unpaired) electrons. The lowest BCUT2D eigenvalue weighted by molar-refractivity contribution is -0.142. The molecule has 0 bridgehead atoms. The molecule has 3 aromatic carbocycles. The Bertz CT molecular complexity index is 1960. The van der Waals surface area contributed by atoms with E-state index in [1.54, 1.807) is 24.3 Å². The summed E-state index contributed by atoms with van der Waals surface area (Å²) in [5.74, 6) is 0.806. The van der Waals surface area contributed by atoms with E-state index in [1.165, 1.54) is 0 Å². The van der Waals surface area contributed by atoms with Gasteiger partial charge in [0.1, 0.15) is 23.9 Å². The SMILES string of the molecule is CCOC(=O)Cc1ccccc1OCc1nn(C2CCN(S(=O)(=O)CC)C2)c2ccc(-c3ccc4ccnc(N)c4c3)cc12. The van der Waals surface area contributed by atoms with Crippen LogP contribution in [0.1, 0.15) is 37.6 Å². The first kappa shape index (κ1) is 29.6. The highest BCUT2D eigenvalue weighted by Crippen LogP contribution is 2.34. The van der Waals surface area contributed by atoms with Crippen molar-refractivity contribution in [2.75, 3.05) is 31.2 Å². The van der Waals surface area contributed by atoms with Gasteiger partial charge < -0.3 is 15.2 Å². The van der Waals surface area contributed by atoms with Crippen molar-refractivity contribution in [3.8, 4) is 16.9 Å². The fourth-order valence-corrected chi connectivity index (χ4v) is 6.94.